The van der Waals surface area contributed by atoms with Crippen LogP contribution >= 0.6 is 11.8 Å². The number of carbonyl (C=O) groups excluding carboxylic acids is 1. The van der Waals surface area contributed by atoms with Crippen molar-refractivity contribution in [3.05, 3.63) is 96.3 Å². The summed E-state index contributed by atoms with van der Waals surface area (Å²) in [6, 6.07) is 23.0. The Morgan fingerprint density at radius 3 is 2.52 bits per heavy atom. The summed E-state index contributed by atoms with van der Waals surface area (Å²) in [6.07, 6.45) is 3.42. The first-order valence-corrected chi connectivity index (χ1v) is 9.30. The second-order valence-corrected chi connectivity index (χ2v) is 6.90. The van der Waals surface area contributed by atoms with Crippen LogP contribution in [0.3, 0.4) is 0 Å². The van der Waals surface area contributed by atoms with Crippen molar-refractivity contribution >= 4 is 28.6 Å². The molecule has 0 bridgehead atoms. The summed E-state index contributed by atoms with van der Waals surface area (Å²) >= 11 is 1.44. The van der Waals surface area contributed by atoms with E-state index in [2.05, 4.69) is 9.97 Å². The summed E-state index contributed by atoms with van der Waals surface area (Å²) in [4.78, 5) is 22.4. The van der Waals surface area contributed by atoms with Gasteiger partial charge in [0.25, 0.3) is 0 Å². The maximum Gasteiger partial charge on any atom is 0.341 e. The highest BCUT2D eigenvalue weighted by atomic mass is 32.2. The summed E-state index contributed by atoms with van der Waals surface area (Å²) < 4.78 is 5.57. The van der Waals surface area contributed by atoms with E-state index in [9.17, 15) is 4.79 Å². The zero-order valence-electron chi connectivity index (χ0n) is 14.4. The highest BCUT2D eigenvalue weighted by molar-refractivity contribution is 7.99. The summed E-state index contributed by atoms with van der Waals surface area (Å²) in [5.41, 5.74) is 2.18. The molecule has 0 aliphatic rings. The Balaban J connectivity index is 1.53. The van der Waals surface area contributed by atoms with E-state index in [0.29, 0.717) is 10.6 Å². The molecule has 0 aliphatic heterocycles. The lowest BCUT2D eigenvalue weighted by Crippen LogP contribution is -2.08. The fourth-order valence-corrected chi connectivity index (χ4v) is 3.62. The lowest BCUT2D eigenvalue weighted by molar-refractivity contribution is 0.0469. The Labute approximate surface area is 161 Å². The molecular formula is C22H16N2O2S. The summed E-state index contributed by atoms with van der Waals surface area (Å²) in [5, 5.41) is 1.65. The predicted molar refractivity (Wildman–Crippen MR) is 106 cm³/mol. The molecule has 0 spiro atoms. The van der Waals surface area contributed by atoms with Gasteiger partial charge < -0.3 is 4.74 Å². The molecule has 0 saturated carbocycles. The van der Waals surface area contributed by atoms with Gasteiger partial charge in [-0.25, -0.2) is 9.78 Å². The van der Waals surface area contributed by atoms with E-state index in [1.54, 1.807) is 24.5 Å². The molecule has 0 unspecified atom stereocenters. The Kier molecular flexibility index (Phi) is 5.12. The minimum atomic E-state index is -0.394. The zero-order valence-corrected chi connectivity index (χ0v) is 15.2. The summed E-state index contributed by atoms with van der Waals surface area (Å²) in [5.74, 6) is -0.394. The van der Waals surface area contributed by atoms with Gasteiger partial charge in [0.05, 0.1) is 11.1 Å². The molecule has 0 saturated heterocycles. The summed E-state index contributed by atoms with van der Waals surface area (Å²) in [6.45, 7) is 0.164. The molecule has 2 heterocycles. The number of fused-ring (bicyclic) bond motifs is 1. The van der Waals surface area contributed by atoms with Crippen molar-refractivity contribution in [3.63, 3.8) is 0 Å². The van der Waals surface area contributed by atoms with Crippen LogP contribution in [0.4, 0.5) is 0 Å². The van der Waals surface area contributed by atoms with Gasteiger partial charge in [-0.15, -0.1) is 0 Å². The Morgan fingerprint density at radius 1 is 0.852 bits per heavy atom. The van der Waals surface area contributed by atoms with Gasteiger partial charge in [0, 0.05) is 28.2 Å². The number of hydrogen-bond donors (Lipinski definition) is 0. The number of aromatic nitrogens is 2. The average molecular weight is 372 g/mol. The first-order valence-electron chi connectivity index (χ1n) is 8.49. The highest BCUT2D eigenvalue weighted by Gasteiger charge is 2.15. The fraction of sp³-hybridized carbons (Fsp3) is 0.0455. The number of benzene rings is 2. The molecule has 0 radical (unpaired) electrons. The van der Waals surface area contributed by atoms with Crippen LogP contribution in [0, 0.1) is 0 Å². The normalized spacial score (nSPS) is 10.7. The minimum Gasteiger partial charge on any atom is -0.457 e. The van der Waals surface area contributed by atoms with E-state index in [4.69, 9.17) is 4.74 Å². The van der Waals surface area contributed by atoms with Gasteiger partial charge in [-0.2, -0.15) is 0 Å². The van der Waals surface area contributed by atoms with Crippen LogP contribution in [0.5, 0.6) is 0 Å². The summed E-state index contributed by atoms with van der Waals surface area (Å²) in [7, 11) is 0. The van der Waals surface area contributed by atoms with E-state index in [1.165, 1.54) is 11.8 Å². The number of carbonyl (C=O) groups is 1. The molecule has 4 nitrogen and oxygen atoms in total. The number of hydrogen-bond acceptors (Lipinski definition) is 5. The Morgan fingerprint density at radius 2 is 1.63 bits per heavy atom. The van der Waals surface area contributed by atoms with E-state index < -0.39 is 5.97 Å². The van der Waals surface area contributed by atoms with Crippen molar-refractivity contribution in [3.8, 4) is 0 Å². The molecule has 132 valence electrons. The maximum absolute atomic E-state index is 12.7. The molecule has 2 aromatic heterocycles. The van der Waals surface area contributed by atoms with Gasteiger partial charge in [0.2, 0.25) is 0 Å². The molecule has 0 atom stereocenters. The largest absolute Gasteiger partial charge is 0.457 e. The van der Waals surface area contributed by atoms with Crippen LogP contribution in [0.15, 0.2) is 95.1 Å². The Hall–Kier alpha value is -3.18. The van der Waals surface area contributed by atoms with E-state index in [1.807, 2.05) is 60.7 Å². The molecule has 2 aromatic carbocycles. The number of pyridine rings is 2. The number of rotatable bonds is 5. The SMILES string of the molecule is O=C(OCc1cccc2cccnc12)c1cccnc1Sc1ccccc1. The van der Waals surface area contributed by atoms with Gasteiger partial charge in [0.1, 0.15) is 11.6 Å². The zero-order chi connectivity index (χ0) is 18.5. The number of nitrogens with zero attached hydrogens (tertiary/aromatic N) is 2. The predicted octanol–water partition coefficient (Wildman–Crippen LogP) is 5.14. The second-order valence-electron chi connectivity index (χ2n) is 5.84. The molecule has 27 heavy (non-hydrogen) atoms. The average Bonchev–Trinajstić information content (AvgIpc) is 2.73. The monoisotopic (exact) mass is 372 g/mol. The van der Waals surface area contributed by atoms with E-state index in [-0.39, 0.29) is 6.61 Å². The number of esters is 1. The van der Waals surface area contributed by atoms with Crippen LogP contribution in [0.25, 0.3) is 10.9 Å². The van der Waals surface area contributed by atoms with Gasteiger partial charge in [0.15, 0.2) is 0 Å². The molecule has 0 aliphatic carbocycles. The lowest BCUT2D eigenvalue weighted by atomic mass is 10.1. The van der Waals surface area contributed by atoms with Crippen molar-refractivity contribution in [2.75, 3.05) is 0 Å². The first kappa shape index (κ1) is 17.2. The molecule has 0 fully saturated rings. The van der Waals surface area contributed by atoms with Crippen LogP contribution in [0.2, 0.25) is 0 Å². The molecule has 0 N–H and O–H groups in total. The maximum atomic E-state index is 12.7. The molecule has 4 rings (SSSR count). The third kappa shape index (κ3) is 3.99. The quantitative estimate of drug-likeness (QED) is 0.454. The van der Waals surface area contributed by atoms with Crippen molar-refractivity contribution in [2.45, 2.75) is 16.5 Å². The second kappa shape index (κ2) is 8.01. The van der Waals surface area contributed by atoms with E-state index in [0.717, 1.165) is 21.4 Å². The van der Waals surface area contributed by atoms with Crippen LogP contribution in [-0.2, 0) is 11.3 Å². The molecule has 0 amide bonds. The molecule has 4 aromatic rings. The smallest absolute Gasteiger partial charge is 0.341 e. The van der Waals surface area contributed by atoms with Crippen molar-refractivity contribution in [2.24, 2.45) is 0 Å². The topological polar surface area (TPSA) is 52.1 Å². The van der Waals surface area contributed by atoms with E-state index >= 15 is 0 Å². The third-order valence-electron chi connectivity index (χ3n) is 4.02. The number of ether oxygens (including phenoxy) is 1. The standard InChI is InChI=1S/C22H16N2O2S/c25-22(26-15-17-8-4-7-16-9-5-13-23-20(16)17)19-12-6-14-24-21(19)27-18-10-2-1-3-11-18/h1-14H,15H2. The van der Waals surface area contributed by atoms with Crippen molar-refractivity contribution < 1.29 is 9.53 Å². The minimum absolute atomic E-state index is 0.164. The van der Waals surface area contributed by atoms with Gasteiger partial charge in [-0.1, -0.05) is 54.2 Å². The van der Waals surface area contributed by atoms with Crippen LogP contribution in [-0.4, -0.2) is 15.9 Å². The highest BCUT2D eigenvalue weighted by Crippen LogP contribution is 2.29. The fourth-order valence-electron chi connectivity index (χ4n) is 2.73. The van der Waals surface area contributed by atoms with Gasteiger partial charge >= 0.3 is 5.97 Å². The van der Waals surface area contributed by atoms with Crippen LogP contribution in [0.1, 0.15) is 15.9 Å². The van der Waals surface area contributed by atoms with Crippen LogP contribution < -0.4 is 0 Å². The van der Waals surface area contributed by atoms with Crippen molar-refractivity contribution in [1.29, 1.82) is 0 Å². The Bertz CT molecular complexity index is 1080. The van der Waals surface area contributed by atoms with Gasteiger partial charge in [-0.3, -0.25) is 4.98 Å². The molecular weight excluding hydrogens is 356 g/mol. The third-order valence-corrected chi connectivity index (χ3v) is 5.05. The number of para-hydroxylation sites is 1. The first-order chi connectivity index (χ1) is 13.3. The van der Waals surface area contributed by atoms with Gasteiger partial charge in [-0.05, 0) is 30.3 Å². The van der Waals surface area contributed by atoms with Crippen molar-refractivity contribution in [1.82, 2.24) is 9.97 Å². The lowest BCUT2D eigenvalue weighted by Gasteiger charge is -2.10. The molecule has 5 heteroatoms.